The number of hydrogen-bond acceptors (Lipinski definition) is 5. The van der Waals surface area contributed by atoms with Gasteiger partial charge in [0, 0.05) is 26.2 Å². The maximum absolute atomic E-state index is 12.1. The van der Waals surface area contributed by atoms with Gasteiger partial charge in [-0.15, -0.1) is 0 Å². The van der Waals surface area contributed by atoms with Crippen LogP contribution in [0.5, 0.6) is 0 Å². The van der Waals surface area contributed by atoms with Crippen LogP contribution in [0.1, 0.15) is 12.6 Å². The van der Waals surface area contributed by atoms with Gasteiger partial charge < -0.3 is 14.6 Å². The SMILES string of the molecule is Cc1coc(SC(C)C(=O)N2CCNCC2)n1. The largest absolute Gasteiger partial charge is 0.440 e. The molecule has 1 saturated heterocycles. The standard InChI is InChI=1S/C11H17N3O2S/c1-8-7-16-11(13-8)17-9(2)10(15)14-5-3-12-4-6-14/h7,9,12H,3-6H2,1-2H3. The van der Waals surface area contributed by atoms with Gasteiger partial charge in [-0.2, -0.15) is 0 Å². The molecule has 0 aliphatic carbocycles. The first-order chi connectivity index (χ1) is 8.16. The van der Waals surface area contributed by atoms with Crippen LogP contribution in [0.25, 0.3) is 0 Å². The molecule has 1 atom stereocenters. The molecule has 1 unspecified atom stereocenters. The van der Waals surface area contributed by atoms with Gasteiger partial charge in [0.1, 0.15) is 6.26 Å². The first-order valence-corrected chi connectivity index (χ1v) is 6.63. The third kappa shape index (κ3) is 3.23. The molecular weight excluding hydrogens is 238 g/mol. The molecule has 0 bridgehead atoms. The predicted octanol–water partition coefficient (Wildman–Crippen LogP) is 0.895. The molecule has 0 spiro atoms. The Morgan fingerprint density at radius 2 is 2.29 bits per heavy atom. The van der Waals surface area contributed by atoms with Gasteiger partial charge >= 0.3 is 0 Å². The number of carbonyl (C=O) groups excluding carboxylic acids is 1. The van der Waals surface area contributed by atoms with E-state index in [2.05, 4.69) is 10.3 Å². The smallest absolute Gasteiger partial charge is 0.256 e. The van der Waals surface area contributed by atoms with E-state index < -0.39 is 0 Å². The monoisotopic (exact) mass is 255 g/mol. The van der Waals surface area contributed by atoms with Crippen molar-refractivity contribution in [3.8, 4) is 0 Å². The third-order valence-corrected chi connectivity index (χ3v) is 3.60. The molecule has 1 aromatic rings. The topological polar surface area (TPSA) is 58.4 Å². The lowest BCUT2D eigenvalue weighted by molar-refractivity contribution is -0.130. The van der Waals surface area contributed by atoms with Crippen LogP contribution < -0.4 is 5.32 Å². The van der Waals surface area contributed by atoms with Crippen molar-refractivity contribution in [2.75, 3.05) is 26.2 Å². The van der Waals surface area contributed by atoms with Crippen LogP contribution in [0.3, 0.4) is 0 Å². The molecule has 0 aromatic carbocycles. The van der Waals surface area contributed by atoms with Gasteiger partial charge in [-0.05, 0) is 13.8 Å². The predicted molar refractivity (Wildman–Crippen MR) is 66.0 cm³/mol. The summed E-state index contributed by atoms with van der Waals surface area (Å²) in [5, 5.41) is 3.65. The molecule has 0 radical (unpaired) electrons. The lowest BCUT2D eigenvalue weighted by Gasteiger charge is -2.29. The van der Waals surface area contributed by atoms with E-state index in [1.807, 2.05) is 18.7 Å². The number of piperazine rings is 1. The summed E-state index contributed by atoms with van der Waals surface area (Å²) >= 11 is 1.38. The normalized spacial score (nSPS) is 18.1. The second kappa shape index (κ2) is 5.55. The summed E-state index contributed by atoms with van der Waals surface area (Å²) in [5.74, 6) is 0.160. The van der Waals surface area contributed by atoms with Gasteiger partial charge in [0.25, 0.3) is 5.22 Å². The molecule has 0 saturated carbocycles. The number of aromatic nitrogens is 1. The molecular formula is C11H17N3O2S. The van der Waals surface area contributed by atoms with Crippen molar-refractivity contribution in [2.24, 2.45) is 0 Å². The molecule has 1 fully saturated rings. The van der Waals surface area contributed by atoms with Crippen LogP contribution in [0.2, 0.25) is 0 Å². The number of nitrogens with one attached hydrogen (secondary N) is 1. The summed E-state index contributed by atoms with van der Waals surface area (Å²) in [4.78, 5) is 18.2. The minimum atomic E-state index is -0.147. The fourth-order valence-corrected chi connectivity index (χ4v) is 2.58. The molecule has 1 N–H and O–H groups in total. The molecule has 94 valence electrons. The van der Waals surface area contributed by atoms with Crippen molar-refractivity contribution in [1.82, 2.24) is 15.2 Å². The van der Waals surface area contributed by atoms with E-state index in [1.54, 1.807) is 6.26 Å². The van der Waals surface area contributed by atoms with Crippen molar-refractivity contribution >= 4 is 17.7 Å². The lowest BCUT2D eigenvalue weighted by atomic mass is 10.3. The fraction of sp³-hybridized carbons (Fsp3) is 0.636. The van der Waals surface area contributed by atoms with Gasteiger partial charge in [0.15, 0.2) is 0 Å². The van der Waals surface area contributed by atoms with Crippen molar-refractivity contribution in [2.45, 2.75) is 24.3 Å². The van der Waals surface area contributed by atoms with Gasteiger partial charge in [-0.25, -0.2) is 4.98 Å². The minimum Gasteiger partial charge on any atom is -0.440 e. The van der Waals surface area contributed by atoms with E-state index >= 15 is 0 Å². The summed E-state index contributed by atoms with van der Waals surface area (Å²) in [6.45, 7) is 7.09. The van der Waals surface area contributed by atoms with E-state index in [4.69, 9.17) is 4.42 Å². The molecule has 1 aliphatic rings. The summed E-state index contributed by atoms with van der Waals surface area (Å²) in [7, 11) is 0. The first-order valence-electron chi connectivity index (χ1n) is 5.75. The number of hydrogen-bond donors (Lipinski definition) is 1. The third-order valence-electron chi connectivity index (χ3n) is 2.65. The quantitative estimate of drug-likeness (QED) is 0.813. The van der Waals surface area contributed by atoms with Crippen molar-refractivity contribution in [3.05, 3.63) is 12.0 Å². The van der Waals surface area contributed by atoms with Crippen LogP contribution in [0.15, 0.2) is 15.9 Å². The maximum Gasteiger partial charge on any atom is 0.256 e. The molecule has 6 heteroatoms. The van der Waals surface area contributed by atoms with Crippen molar-refractivity contribution in [3.63, 3.8) is 0 Å². The van der Waals surface area contributed by atoms with Crippen LogP contribution in [0.4, 0.5) is 0 Å². The number of carbonyl (C=O) groups is 1. The van der Waals surface area contributed by atoms with E-state index in [9.17, 15) is 4.79 Å². The van der Waals surface area contributed by atoms with E-state index in [0.29, 0.717) is 5.22 Å². The molecule has 1 aliphatic heterocycles. The Labute approximate surface area is 105 Å². The van der Waals surface area contributed by atoms with Gasteiger partial charge in [-0.3, -0.25) is 4.79 Å². The van der Waals surface area contributed by atoms with Gasteiger partial charge in [-0.1, -0.05) is 11.8 Å². The number of rotatable bonds is 3. The number of oxazole rings is 1. The van der Waals surface area contributed by atoms with Crippen molar-refractivity contribution in [1.29, 1.82) is 0 Å². The average Bonchev–Trinajstić information content (AvgIpc) is 2.75. The second-order valence-electron chi connectivity index (χ2n) is 4.09. The van der Waals surface area contributed by atoms with Crippen LogP contribution in [-0.4, -0.2) is 47.2 Å². The molecule has 1 aromatic heterocycles. The van der Waals surface area contributed by atoms with Crippen molar-refractivity contribution < 1.29 is 9.21 Å². The fourth-order valence-electron chi connectivity index (χ4n) is 1.73. The average molecular weight is 255 g/mol. The van der Waals surface area contributed by atoms with Gasteiger partial charge in [0.05, 0.1) is 10.9 Å². The molecule has 2 rings (SSSR count). The zero-order valence-corrected chi connectivity index (χ0v) is 10.9. The number of amides is 1. The Bertz CT molecular complexity index is 388. The summed E-state index contributed by atoms with van der Waals surface area (Å²) in [6.07, 6.45) is 1.60. The minimum absolute atomic E-state index is 0.147. The van der Waals surface area contributed by atoms with Gasteiger partial charge in [0.2, 0.25) is 5.91 Å². The first kappa shape index (κ1) is 12.4. The highest BCUT2D eigenvalue weighted by atomic mass is 32.2. The van der Waals surface area contributed by atoms with E-state index in [-0.39, 0.29) is 11.2 Å². The van der Waals surface area contributed by atoms with E-state index in [1.165, 1.54) is 11.8 Å². The van der Waals surface area contributed by atoms with Crippen LogP contribution >= 0.6 is 11.8 Å². The molecule has 17 heavy (non-hydrogen) atoms. The Morgan fingerprint density at radius 3 is 2.88 bits per heavy atom. The molecule has 2 heterocycles. The highest BCUT2D eigenvalue weighted by Gasteiger charge is 2.24. The molecule has 1 amide bonds. The lowest BCUT2D eigenvalue weighted by Crippen LogP contribution is -2.48. The van der Waals surface area contributed by atoms with E-state index in [0.717, 1.165) is 31.9 Å². The Morgan fingerprint density at radius 1 is 1.59 bits per heavy atom. The maximum atomic E-state index is 12.1. The van der Waals surface area contributed by atoms with Crippen LogP contribution in [-0.2, 0) is 4.79 Å². The summed E-state index contributed by atoms with van der Waals surface area (Å²) in [6, 6.07) is 0. The number of nitrogens with zero attached hydrogens (tertiary/aromatic N) is 2. The zero-order chi connectivity index (χ0) is 12.3. The highest BCUT2D eigenvalue weighted by Crippen LogP contribution is 2.23. The molecule has 5 nitrogen and oxygen atoms in total. The zero-order valence-electron chi connectivity index (χ0n) is 10.1. The Balaban J connectivity index is 1.90. The number of aryl methyl sites for hydroxylation is 1. The second-order valence-corrected chi connectivity index (χ2v) is 5.38. The van der Waals surface area contributed by atoms with Crippen LogP contribution in [0, 0.1) is 6.92 Å². The number of thioether (sulfide) groups is 1. The summed E-state index contributed by atoms with van der Waals surface area (Å²) in [5.41, 5.74) is 0.842. The Hall–Kier alpha value is -1.01. The summed E-state index contributed by atoms with van der Waals surface area (Å²) < 4.78 is 5.24. The highest BCUT2D eigenvalue weighted by molar-refractivity contribution is 8.00. The Kier molecular flexibility index (Phi) is 4.06.